The van der Waals surface area contributed by atoms with Crippen LogP contribution in [-0.4, -0.2) is 58.3 Å². The lowest BCUT2D eigenvalue weighted by atomic mass is 9.71. The zero-order valence-corrected chi connectivity index (χ0v) is 26.2. The van der Waals surface area contributed by atoms with Crippen molar-refractivity contribution in [2.75, 3.05) is 25.1 Å². The van der Waals surface area contributed by atoms with Gasteiger partial charge in [-0.1, -0.05) is 6.07 Å². The van der Waals surface area contributed by atoms with Crippen molar-refractivity contribution in [1.29, 1.82) is 0 Å². The Kier molecular flexibility index (Phi) is 8.44. The van der Waals surface area contributed by atoms with E-state index in [0.717, 1.165) is 12.0 Å². The molecule has 2 atom stereocenters. The molecule has 1 saturated carbocycles. The van der Waals surface area contributed by atoms with Crippen LogP contribution in [0.2, 0.25) is 0 Å². The van der Waals surface area contributed by atoms with E-state index in [9.17, 15) is 41.0 Å². The molecule has 0 unspecified atom stereocenters. The molecule has 0 spiro atoms. The van der Waals surface area contributed by atoms with E-state index in [1.807, 2.05) is 4.90 Å². The Morgan fingerprint density at radius 3 is 2.21 bits per heavy atom. The van der Waals surface area contributed by atoms with E-state index in [0.29, 0.717) is 66.5 Å². The van der Waals surface area contributed by atoms with Crippen molar-refractivity contribution < 1.29 is 50.5 Å². The number of carbonyl (C=O) groups is 2. The first-order valence-corrected chi connectivity index (χ1v) is 15.3. The summed E-state index contributed by atoms with van der Waals surface area (Å²) in [6.45, 7) is 4.35. The number of anilines is 1. The maximum atomic E-state index is 13.6. The molecule has 3 aromatic rings. The molecule has 1 aliphatic carbocycles. The summed E-state index contributed by atoms with van der Waals surface area (Å²) in [7, 11) is 1.33. The summed E-state index contributed by atoms with van der Waals surface area (Å²) in [6.07, 6.45) is -10.5. The largest absolute Gasteiger partial charge is 0.507 e. The second-order valence-corrected chi connectivity index (χ2v) is 12.4. The quantitative estimate of drug-likeness (QED) is 0.208. The predicted octanol–water partition coefficient (Wildman–Crippen LogP) is 7.15. The topological polar surface area (TPSA) is 105 Å². The van der Waals surface area contributed by atoms with Gasteiger partial charge in [-0.2, -0.15) is 26.3 Å². The van der Waals surface area contributed by atoms with E-state index in [-0.39, 0.29) is 36.2 Å². The van der Waals surface area contributed by atoms with Crippen LogP contribution >= 0.6 is 0 Å². The van der Waals surface area contributed by atoms with E-state index in [4.69, 9.17) is 14.5 Å². The van der Waals surface area contributed by atoms with Gasteiger partial charge >= 0.3 is 24.4 Å². The van der Waals surface area contributed by atoms with E-state index in [2.05, 4.69) is 4.98 Å². The van der Waals surface area contributed by atoms with Gasteiger partial charge in [-0.15, -0.1) is 0 Å². The Balaban J connectivity index is 1.36. The van der Waals surface area contributed by atoms with Gasteiger partial charge < -0.3 is 19.5 Å². The van der Waals surface area contributed by atoms with Crippen molar-refractivity contribution in [3.8, 4) is 16.9 Å². The van der Waals surface area contributed by atoms with Gasteiger partial charge in [0.1, 0.15) is 11.9 Å². The Bertz CT molecular complexity index is 1720. The first-order valence-electron chi connectivity index (χ1n) is 15.3. The van der Waals surface area contributed by atoms with Crippen LogP contribution in [-0.2, 0) is 33.2 Å². The number of amides is 1. The van der Waals surface area contributed by atoms with Gasteiger partial charge in [-0.05, 0) is 80.5 Å². The van der Waals surface area contributed by atoms with E-state index in [1.165, 1.54) is 25.0 Å². The Labute approximate surface area is 271 Å². The smallest absolute Gasteiger partial charge is 0.416 e. The fourth-order valence-electron chi connectivity index (χ4n) is 6.46. The number of aromatic nitrogens is 2. The molecule has 0 radical (unpaired) electrons. The number of cyclic esters (lactones) is 1. The molecule has 256 valence electrons. The number of aromatic hydroxyl groups is 1. The van der Waals surface area contributed by atoms with Gasteiger partial charge in [0, 0.05) is 24.2 Å². The highest BCUT2D eigenvalue weighted by Crippen LogP contribution is 2.46. The Morgan fingerprint density at radius 1 is 1.00 bits per heavy atom. The Morgan fingerprint density at radius 2 is 1.65 bits per heavy atom. The molecule has 1 amide bonds. The number of benzene rings is 2. The zero-order chi connectivity index (χ0) is 34.7. The number of halogens is 6. The summed E-state index contributed by atoms with van der Waals surface area (Å²) in [4.78, 5) is 37.7. The molecule has 1 N–H and O–H groups in total. The highest BCUT2D eigenvalue weighted by Gasteiger charge is 2.44. The lowest BCUT2D eigenvalue weighted by molar-refractivity contribution is -0.149. The third kappa shape index (κ3) is 6.21. The average molecular weight is 679 g/mol. The average Bonchev–Trinajstić information content (AvgIpc) is 3.23. The summed E-state index contributed by atoms with van der Waals surface area (Å²) < 4.78 is 91.9. The van der Waals surface area contributed by atoms with Gasteiger partial charge in [0.2, 0.25) is 5.95 Å². The lowest BCUT2D eigenvalue weighted by Gasteiger charge is -2.34. The van der Waals surface area contributed by atoms with Crippen LogP contribution in [0.5, 0.6) is 5.75 Å². The van der Waals surface area contributed by atoms with Gasteiger partial charge in [0.15, 0.2) is 0 Å². The minimum absolute atomic E-state index is 0.0236. The second-order valence-electron chi connectivity index (χ2n) is 12.4. The van der Waals surface area contributed by atoms with E-state index >= 15 is 0 Å². The SMILES string of the molecule is COC(=O)C1CC(c2ccc(O)c(-c3c(C)nc(N4CCC4)nc3CN3C(=O)O[C@H](c4cc(C(F)(F)F)cc(C(F)(F)F)c4)[C@@H]3C)c2)C1. The monoisotopic (exact) mass is 678 g/mol. The molecule has 3 fully saturated rings. The lowest BCUT2D eigenvalue weighted by Crippen LogP contribution is -2.39. The summed E-state index contributed by atoms with van der Waals surface area (Å²) >= 11 is 0. The summed E-state index contributed by atoms with van der Waals surface area (Å²) in [6, 6.07) is 5.21. The van der Waals surface area contributed by atoms with Crippen LogP contribution in [0.3, 0.4) is 0 Å². The number of alkyl halides is 6. The maximum absolute atomic E-state index is 13.6. The van der Waals surface area contributed by atoms with Crippen LogP contribution in [0, 0.1) is 12.8 Å². The summed E-state index contributed by atoms with van der Waals surface area (Å²) in [5.74, 6) is -0.193. The van der Waals surface area contributed by atoms with Gasteiger partial charge in [-0.3, -0.25) is 9.69 Å². The third-order valence-corrected chi connectivity index (χ3v) is 9.38. The highest BCUT2D eigenvalue weighted by molar-refractivity contribution is 5.77. The highest BCUT2D eigenvalue weighted by atomic mass is 19.4. The minimum atomic E-state index is -5.07. The number of phenols is 1. The van der Waals surface area contributed by atoms with Crippen LogP contribution in [0.15, 0.2) is 36.4 Å². The van der Waals surface area contributed by atoms with Crippen molar-refractivity contribution >= 4 is 18.0 Å². The number of phenolic OH excluding ortho intramolecular Hbond substituents is 1. The molecule has 2 aliphatic heterocycles. The molecule has 1 aromatic heterocycles. The van der Waals surface area contributed by atoms with Crippen molar-refractivity contribution in [2.45, 2.75) is 70.1 Å². The molecule has 0 bridgehead atoms. The van der Waals surface area contributed by atoms with Crippen LogP contribution < -0.4 is 4.90 Å². The zero-order valence-electron chi connectivity index (χ0n) is 26.2. The van der Waals surface area contributed by atoms with Crippen LogP contribution in [0.25, 0.3) is 11.1 Å². The normalized spacial score (nSPS) is 22.6. The molecule has 3 aliphatic rings. The number of methoxy groups -OCH3 is 1. The number of esters is 1. The maximum Gasteiger partial charge on any atom is 0.416 e. The third-order valence-electron chi connectivity index (χ3n) is 9.38. The van der Waals surface area contributed by atoms with Gasteiger partial charge in [0.25, 0.3) is 0 Å². The van der Waals surface area contributed by atoms with E-state index < -0.39 is 47.3 Å². The fraction of sp³-hybridized carbons (Fsp3) is 0.455. The first kappa shape index (κ1) is 33.3. The number of ether oxygens (including phenoxy) is 2. The molecular formula is C33H32F6N4O5. The number of carbonyl (C=O) groups excluding carboxylic acids is 2. The van der Waals surface area contributed by atoms with Crippen LogP contribution in [0.1, 0.15) is 71.8 Å². The molecule has 2 aromatic carbocycles. The number of hydrogen-bond donors (Lipinski definition) is 1. The van der Waals surface area contributed by atoms with Gasteiger partial charge in [-0.25, -0.2) is 14.8 Å². The van der Waals surface area contributed by atoms with Crippen molar-refractivity contribution in [2.24, 2.45) is 5.92 Å². The van der Waals surface area contributed by atoms with Crippen molar-refractivity contribution in [3.63, 3.8) is 0 Å². The summed E-state index contributed by atoms with van der Waals surface area (Å²) in [5, 5.41) is 11.0. The molecule has 9 nitrogen and oxygen atoms in total. The summed E-state index contributed by atoms with van der Waals surface area (Å²) in [5.41, 5.74) is -1.02. The molecule has 15 heteroatoms. The number of nitrogens with zero attached hydrogens (tertiary/aromatic N) is 4. The number of aryl methyl sites for hydroxylation is 1. The predicted molar refractivity (Wildman–Crippen MR) is 159 cm³/mol. The molecule has 3 heterocycles. The standard InChI is InChI=1S/C33H32F6N4O5/c1-16-27(24-13-18(5-6-26(24)44)19-9-21(10-19)29(45)47-3)25(41-30(40-16)42-7-4-8-42)15-43-17(2)28(48-31(43)46)20-11-22(32(34,35)36)14-23(12-20)33(37,38)39/h5-6,11-14,17,19,21,28,44H,4,7-10,15H2,1-3H3/t17-,19?,21?,28-/m0/s1. The minimum Gasteiger partial charge on any atom is -0.507 e. The van der Waals surface area contributed by atoms with Crippen molar-refractivity contribution in [1.82, 2.24) is 14.9 Å². The van der Waals surface area contributed by atoms with E-state index in [1.54, 1.807) is 19.1 Å². The Hall–Kier alpha value is -4.56. The fourth-order valence-corrected chi connectivity index (χ4v) is 6.46. The molecular weight excluding hydrogens is 646 g/mol. The number of rotatable bonds is 7. The van der Waals surface area contributed by atoms with Gasteiger partial charge in [0.05, 0.1) is 48.1 Å². The molecule has 6 rings (SSSR count). The van der Waals surface area contributed by atoms with Crippen LogP contribution in [0.4, 0.5) is 37.1 Å². The molecule has 48 heavy (non-hydrogen) atoms. The first-order chi connectivity index (χ1) is 22.5. The van der Waals surface area contributed by atoms with Crippen molar-refractivity contribution in [3.05, 3.63) is 70.0 Å². The number of hydrogen-bond acceptors (Lipinski definition) is 8. The second kappa shape index (κ2) is 12.2. The molecule has 2 saturated heterocycles.